The van der Waals surface area contributed by atoms with Crippen LogP contribution in [0.25, 0.3) is 0 Å². The molecule has 4 nitrogen and oxygen atoms in total. The second kappa shape index (κ2) is 8.25. The Kier molecular flexibility index (Phi) is 6.89. The van der Waals surface area contributed by atoms with Gasteiger partial charge in [0.05, 0.1) is 6.20 Å². The predicted molar refractivity (Wildman–Crippen MR) is 70.1 cm³/mol. The molecule has 1 aromatic heterocycles. The van der Waals surface area contributed by atoms with E-state index >= 15 is 0 Å². The number of nitrogens with zero attached hydrogens (tertiary/aromatic N) is 2. The monoisotopic (exact) mass is 239 g/mol. The van der Waals surface area contributed by atoms with Gasteiger partial charge in [0.2, 0.25) is 0 Å². The number of methoxy groups -OCH3 is 1. The summed E-state index contributed by atoms with van der Waals surface area (Å²) < 4.78 is 6.97. The minimum absolute atomic E-state index is 0.536. The van der Waals surface area contributed by atoms with Crippen LogP contribution >= 0.6 is 0 Å². The molecule has 0 aliphatic heterocycles. The van der Waals surface area contributed by atoms with Crippen molar-refractivity contribution in [3.05, 3.63) is 18.0 Å². The summed E-state index contributed by atoms with van der Waals surface area (Å²) in [6, 6.07) is 0.536. The molecule has 0 aromatic carbocycles. The molecule has 1 rings (SSSR count). The van der Waals surface area contributed by atoms with E-state index in [1.807, 2.05) is 17.9 Å². The maximum Gasteiger partial charge on any atom is 0.0522 e. The van der Waals surface area contributed by atoms with Gasteiger partial charge in [-0.05, 0) is 37.8 Å². The third kappa shape index (κ3) is 5.84. The van der Waals surface area contributed by atoms with Crippen molar-refractivity contribution in [3.63, 3.8) is 0 Å². The number of aryl methyl sites for hydroxylation is 1. The fourth-order valence-corrected chi connectivity index (χ4v) is 1.96. The summed E-state index contributed by atoms with van der Waals surface area (Å²) in [6.45, 7) is 4.12. The number of nitrogens with one attached hydrogen (secondary N) is 1. The molecule has 0 fully saturated rings. The molecule has 0 saturated heterocycles. The lowest BCUT2D eigenvalue weighted by atomic mass is 10.0. The van der Waals surface area contributed by atoms with Gasteiger partial charge in [-0.3, -0.25) is 4.68 Å². The average molecular weight is 239 g/mol. The summed E-state index contributed by atoms with van der Waals surface area (Å²) >= 11 is 0. The van der Waals surface area contributed by atoms with Gasteiger partial charge >= 0.3 is 0 Å². The summed E-state index contributed by atoms with van der Waals surface area (Å²) in [7, 11) is 3.72. The predicted octanol–water partition coefficient (Wildman–Crippen LogP) is 1.76. The SMILES string of the molecule is CCCNC(CCCOC)Cc1cnn(C)c1. The van der Waals surface area contributed by atoms with E-state index in [-0.39, 0.29) is 0 Å². The molecule has 1 atom stereocenters. The standard InChI is InChI=1S/C13H25N3O/c1-4-7-14-13(6-5-8-17-3)9-12-10-15-16(2)11-12/h10-11,13-14H,4-9H2,1-3H3. The van der Waals surface area contributed by atoms with Crippen LogP contribution in [0.4, 0.5) is 0 Å². The smallest absolute Gasteiger partial charge is 0.0522 e. The van der Waals surface area contributed by atoms with Crippen molar-refractivity contribution < 1.29 is 4.74 Å². The van der Waals surface area contributed by atoms with Crippen molar-refractivity contribution >= 4 is 0 Å². The first-order valence-electron chi connectivity index (χ1n) is 6.46. The van der Waals surface area contributed by atoms with Crippen LogP contribution in [-0.4, -0.2) is 36.1 Å². The molecule has 1 aromatic rings. The highest BCUT2D eigenvalue weighted by Crippen LogP contribution is 2.07. The fraction of sp³-hybridized carbons (Fsp3) is 0.769. The van der Waals surface area contributed by atoms with Crippen LogP contribution in [-0.2, 0) is 18.2 Å². The van der Waals surface area contributed by atoms with E-state index in [1.165, 1.54) is 12.0 Å². The number of rotatable bonds is 9. The number of hydrogen-bond acceptors (Lipinski definition) is 3. The van der Waals surface area contributed by atoms with Crippen LogP contribution < -0.4 is 5.32 Å². The zero-order valence-electron chi connectivity index (χ0n) is 11.3. The third-order valence-corrected chi connectivity index (χ3v) is 2.82. The largest absolute Gasteiger partial charge is 0.385 e. The minimum atomic E-state index is 0.536. The zero-order chi connectivity index (χ0) is 12.5. The number of ether oxygens (including phenoxy) is 1. The van der Waals surface area contributed by atoms with Crippen LogP contribution in [0.1, 0.15) is 31.7 Å². The Morgan fingerprint density at radius 3 is 2.94 bits per heavy atom. The molecule has 98 valence electrons. The lowest BCUT2D eigenvalue weighted by Gasteiger charge is -2.17. The fourth-order valence-electron chi connectivity index (χ4n) is 1.96. The minimum Gasteiger partial charge on any atom is -0.385 e. The highest BCUT2D eigenvalue weighted by atomic mass is 16.5. The summed E-state index contributed by atoms with van der Waals surface area (Å²) in [5.74, 6) is 0. The Hall–Kier alpha value is -0.870. The first-order chi connectivity index (χ1) is 8.26. The second-order valence-electron chi connectivity index (χ2n) is 4.51. The summed E-state index contributed by atoms with van der Waals surface area (Å²) in [5.41, 5.74) is 1.30. The van der Waals surface area contributed by atoms with Crippen molar-refractivity contribution in [3.8, 4) is 0 Å². The van der Waals surface area contributed by atoms with Crippen LogP contribution in [0.15, 0.2) is 12.4 Å². The zero-order valence-corrected chi connectivity index (χ0v) is 11.3. The molecular weight excluding hydrogens is 214 g/mol. The lowest BCUT2D eigenvalue weighted by molar-refractivity contribution is 0.188. The first kappa shape index (κ1) is 14.2. The maximum atomic E-state index is 5.11. The van der Waals surface area contributed by atoms with E-state index in [9.17, 15) is 0 Å². The van der Waals surface area contributed by atoms with Crippen LogP contribution in [0, 0.1) is 0 Å². The molecule has 17 heavy (non-hydrogen) atoms. The van der Waals surface area contributed by atoms with Gasteiger partial charge in [0.15, 0.2) is 0 Å². The molecule has 0 aliphatic carbocycles. The Balaban J connectivity index is 2.38. The van der Waals surface area contributed by atoms with E-state index in [2.05, 4.69) is 23.5 Å². The van der Waals surface area contributed by atoms with Crippen LogP contribution in [0.2, 0.25) is 0 Å². The van der Waals surface area contributed by atoms with Crippen molar-refractivity contribution in [2.24, 2.45) is 7.05 Å². The van der Waals surface area contributed by atoms with E-state index in [0.717, 1.165) is 32.4 Å². The van der Waals surface area contributed by atoms with Crippen LogP contribution in [0.3, 0.4) is 0 Å². The second-order valence-corrected chi connectivity index (χ2v) is 4.51. The molecule has 1 unspecified atom stereocenters. The molecule has 0 aliphatic rings. The Morgan fingerprint density at radius 1 is 1.53 bits per heavy atom. The third-order valence-electron chi connectivity index (χ3n) is 2.82. The highest BCUT2D eigenvalue weighted by molar-refractivity contribution is 5.05. The molecule has 0 saturated carbocycles. The molecule has 0 radical (unpaired) electrons. The van der Waals surface area contributed by atoms with E-state index in [1.54, 1.807) is 7.11 Å². The average Bonchev–Trinajstić information content (AvgIpc) is 2.72. The van der Waals surface area contributed by atoms with Gasteiger partial charge in [0.25, 0.3) is 0 Å². The Labute approximate surface area is 104 Å². The van der Waals surface area contributed by atoms with Crippen molar-refractivity contribution in [2.45, 2.75) is 38.6 Å². The molecule has 0 amide bonds. The topological polar surface area (TPSA) is 39.1 Å². The van der Waals surface area contributed by atoms with Crippen molar-refractivity contribution in [1.82, 2.24) is 15.1 Å². The molecule has 0 spiro atoms. The van der Waals surface area contributed by atoms with Gasteiger partial charge in [-0.25, -0.2) is 0 Å². The van der Waals surface area contributed by atoms with Gasteiger partial charge in [0, 0.05) is 33.0 Å². The van der Waals surface area contributed by atoms with Crippen LogP contribution in [0.5, 0.6) is 0 Å². The summed E-state index contributed by atoms with van der Waals surface area (Å²) in [6.07, 6.45) is 8.54. The van der Waals surface area contributed by atoms with Gasteiger partial charge < -0.3 is 10.1 Å². The van der Waals surface area contributed by atoms with Crippen molar-refractivity contribution in [1.29, 1.82) is 0 Å². The molecular formula is C13H25N3O. The quantitative estimate of drug-likeness (QED) is 0.667. The summed E-state index contributed by atoms with van der Waals surface area (Å²) in [5, 5.41) is 7.80. The maximum absolute atomic E-state index is 5.11. The van der Waals surface area contributed by atoms with E-state index in [4.69, 9.17) is 4.74 Å². The molecule has 4 heteroatoms. The molecule has 1 heterocycles. The molecule has 1 N–H and O–H groups in total. The number of aromatic nitrogens is 2. The summed E-state index contributed by atoms with van der Waals surface area (Å²) in [4.78, 5) is 0. The van der Waals surface area contributed by atoms with Gasteiger partial charge in [-0.2, -0.15) is 5.10 Å². The Morgan fingerprint density at radius 2 is 2.35 bits per heavy atom. The first-order valence-corrected chi connectivity index (χ1v) is 6.46. The van der Waals surface area contributed by atoms with E-state index < -0.39 is 0 Å². The number of hydrogen-bond donors (Lipinski definition) is 1. The van der Waals surface area contributed by atoms with E-state index in [0.29, 0.717) is 6.04 Å². The normalized spacial score (nSPS) is 12.9. The highest BCUT2D eigenvalue weighted by Gasteiger charge is 2.09. The van der Waals surface area contributed by atoms with Crippen molar-refractivity contribution in [2.75, 3.05) is 20.3 Å². The Bertz CT molecular complexity index is 299. The van der Waals surface area contributed by atoms with Gasteiger partial charge in [-0.1, -0.05) is 6.92 Å². The molecule has 0 bridgehead atoms. The van der Waals surface area contributed by atoms with Gasteiger partial charge in [0.1, 0.15) is 0 Å². The van der Waals surface area contributed by atoms with Gasteiger partial charge in [-0.15, -0.1) is 0 Å². The lowest BCUT2D eigenvalue weighted by Crippen LogP contribution is -2.32.